The molecule has 0 bridgehead atoms. The van der Waals surface area contributed by atoms with Gasteiger partial charge in [-0.3, -0.25) is 0 Å². The van der Waals surface area contributed by atoms with Crippen LogP contribution in [0.4, 0.5) is 0 Å². The molecule has 2 aromatic rings. The van der Waals surface area contributed by atoms with Crippen molar-refractivity contribution in [2.75, 3.05) is 13.7 Å². The molecule has 0 saturated carbocycles. The second-order valence-corrected chi connectivity index (χ2v) is 4.68. The Kier molecular flexibility index (Phi) is 5.43. The van der Waals surface area contributed by atoms with E-state index in [1.807, 2.05) is 18.6 Å². The molecule has 0 spiro atoms. The van der Waals surface area contributed by atoms with Gasteiger partial charge < -0.3 is 19.7 Å². The highest BCUT2D eigenvalue weighted by Crippen LogP contribution is 2.22. The third kappa shape index (κ3) is 4.28. The topological polar surface area (TPSA) is 59.3 Å². The lowest BCUT2D eigenvalue weighted by Gasteiger charge is -2.09. The van der Waals surface area contributed by atoms with E-state index in [-0.39, 0.29) is 0 Å². The van der Waals surface area contributed by atoms with Crippen LogP contribution in [0.2, 0.25) is 0 Å². The molecule has 1 heterocycles. The number of rotatable bonds is 8. The van der Waals surface area contributed by atoms with Crippen molar-refractivity contribution in [2.45, 2.75) is 25.9 Å². The van der Waals surface area contributed by atoms with Crippen molar-refractivity contribution in [3.8, 4) is 11.5 Å². The maximum absolute atomic E-state index is 9.75. The highest BCUT2D eigenvalue weighted by atomic mass is 16.5. The maximum atomic E-state index is 9.75. The van der Waals surface area contributed by atoms with Crippen LogP contribution in [-0.4, -0.2) is 28.3 Å². The Labute approximate surface area is 119 Å². The SMILES string of the molecule is COc1ccc(O)c(CNCCCCn2ccnc2)c1. The van der Waals surface area contributed by atoms with Gasteiger partial charge in [-0.1, -0.05) is 0 Å². The standard InChI is InChI=1S/C15H21N3O2/c1-20-14-4-5-15(19)13(10-14)11-16-6-2-3-8-18-9-7-17-12-18/h4-5,7,9-10,12,16,19H,2-3,6,8,11H2,1H3. The molecule has 1 aromatic carbocycles. The molecule has 0 amide bonds. The minimum Gasteiger partial charge on any atom is -0.508 e. The largest absolute Gasteiger partial charge is 0.508 e. The number of phenolic OH excluding ortho intramolecular Hbond substituents is 1. The molecule has 0 atom stereocenters. The van der Waals surface area contributed by atoms with Gasteiger partial charge in [-0.15, -0.1) is 0 Å². The van der Waals surface area contributed by atoms with Crippen LogP contribution in [-0.2, 0) is 13.1 Å². The number of hydrogen-bond acceptors (Lipinski definition) is 4. The van der Waals surface area contributed by atoms with Crippen molar-refractivity contribution in [3.63, 3.8) is 0 Å². The molecule has 108 valence electrons. The Morgan fingerprint density at radius 3 is 3.00 bits per heavy atom. The first-order valence-electron chi connectivity index (χ1n) is 6.82. The predicted octanol–water partition coefficient (Wildman–Crippen LogP) is 2.17. The van der Waals surface area contributed by atoms with Crippen molar-refractivity contribution in [1.82, 2.24) is 14.9 Å². The first-order valence-corrected chi connectivity index (χ1v) is 6.82. The molecule has 2 N–H and O–H groups in total. The summed E-state index contributed by atoms with van der Waals surface area (Å²) < 4.78 is 7.23. The molecule has 0 aliphatic rings. The third-order valence-electron chi connectivity index (χ3n) is 3.18. The van der Waals surface area contributed by atoms with Crippen molar-refractivity contribution in [3.05, 3.63) is 42.5 Å². The lowest BCUT2D eigenvalue weighted by molar-refractivity contribution is 0.410. The van der Waals surface area contributed by atoms with Gasteiger partial charge in [-0.05, 0) is 37.6 Å². The number of hydrogen-bond donors (Lipinski definition) is 2. The zero-order valence-electron chi connectivity index (χ0n) is 11.7. The van der Waals surface area contributed by atoms with E-state index in [1.54, 1.807) is 25.4 Å². The number of phenols is 1. The number of methoxy groups -OCH3 is 1. The van der Waals surface area contributed by atoms with E-state index in [0.717, 1.165) is 37.2 Å². The van der Waals surface area contributed by atoms with Crippen LogP contribution in [0.1, 0.15) is 18.4 Å². The van der Waals surface area contributed by atoms with Crippen molar-refractivity contribution in [1.29, 1.82) is 0 Å². The van der Waals surface area contributed by atoms with Crippen molar-refractivity contribution < 1.29 is 9.84 Å². The highest BCUT2D eigenvalue weighted by molar-refractivity contribution is 5.39. The molecule has 0 fully saturated rings. The van der Waals surface area contributed by atoms with Crippen LogP contribution in [0.15, 0.2) is 36.9 Å². The number of nitrogens with one attached hydrogen (secondary N) is 1. The van der Waals surface area contributed by atoms with Gasteiger partial charge in [-0.2, -0.15) is 0 Å². The molecule has 2 rings (SSSR count). The van der Waals surface area contributed by atoms with E-state index in [0.29, 0.717) is 12.3 Å². The van der Waals surface area contributed by atoms with Crippen LogP contribution in [0.5, 0.6) is 11.5 Å². The molecule has 0 aliphatic carbocycles. The summed E-state index contributed by atoms with van der Waals surface area (Å²) in [5, 5.41) is 13.1. The van der Waals surface area contributed by atoms with E-state index in [2.05, 4.69) is 14.9 Å². The minimum atomic E-state index is 0.303. The smallest absolute Gasteiger partial charge is 0.120 e. The summed E-state index contributed by atoms with van der Waals surface area (Å²) in [4.78, 5) is 4.01. The monoisotopic (exact) mass is 275 g/mol. The lowest BCUT2D eigenvalue weighted by atomic mass is 10.2. The van der Waals surface area contributed by atoms with Crippen LogP contribution >= 0.6 is 0 Å². The highest BCUT2D eigenvalue weighted by Gasteiger charge is 2.02. The van der Waals surface area contributed by atoms with Crippen LogP contribution < -0.4 is 10.1 Å². The number of aryl methyl sites for hydroxylation is 1. The summed E-state index contributed by atoms with van der Waals surface area (Å²) in [6.07, 6.45) is 7.80. The fraction of sp³-hybridized carbons (Fsp3) is 0.400. The van der Waals surface area contributed by atoms with E-state index < -0.39 is 0 Å². The molecular formula is C15H21N3O2. The molecule has 1 aromatic heterocycles. The Hall–Kier alpha value is -2.01. The molecular weight excluding hydrogens is 254 g/mol. The number of benzene rings is 1. The average molecular weight is 275 g/mol. The van der Waals surface area contributed by atoms with E-state index in [4.69, 9.17) is 4.74 Å². The summed E-state index contributed by atoms with van der Waals surface area (Å²) in [6.45, 7) is 2.56. The van der Waals surface area contributed by atoms with E-state index >= 15 is 0 Å². The van der Waals surface area contributed by atoms with Gasteiger partial charge in [-0.25, -0.2) is 4.98 Å². The summed E-state index contributed by atoms with van der Waals surface area (Å²) in [7, 11) is 1.62. The molecule has 0 radical (unpaired) electrons. The Bertz CT molecular complexity index is 512. The van der Waals surface area contributed by atoms with Gasteiger partial charge in [0, 0.05) is 31.0 Å². The number of nitrogens with zero attached hydrogens (tertiary/aromatic N) is 2. The lowest BCUT2D eigenvalue weighted by Crippen LogP contribution is -2.15. The first-order chi connectivity index (χ1) is 9.79. The summed E-state index contributed by atoms with van der Waals surface area (Å²) >= 11 is 0. The number of aromatic nitrogens is 2. The Balaban J connectivity index is 1.65. The quantitative estimate of drug-likeness (QED) is 0.725. The normalized spacial score (nSPS) is 10.7. The second kappa shape index (κ2) is 7.55. The molecule has 0 saturated heterocycles. The Morgan fingerprint density at radius 1 is 1.35 bits per heavy atom. The minimum absolute atomic E-state index is 0.303. The number of aromatic hydroxyl groups is 1. The summed E-state index contributed by atoms with van der Waals surface area (Å²) in [5.41, 5.74) is 0.860. The van der Waals surface area contributed by atoms with Gasteiger partial charge in [0.1, 0.15) is 11.5 Å². The van der Waals surface area contributed by atoms with Gasteiger partial charge in [0.05, 0.1) is 13.4 Å². The fourth-order valence-corrected chi connectivity index (χ4v) is 2.02. The summed E-state index contributed by atoms with van der Waals surface area (Å²) in [6, 6.07) is 5.27. The Morgan fingerprint density at radius 2 is 2.25 bits per heavy atom. The van der Waals surface area contributed by atoms with Crippen LogP contribution in [0, 0.1) is 0 Å². The van der Waals surface area contributed by atoms with Crippen molar-refractivity contribution in [2.24, 2.45) is 0 Å². The molecule has 0 unspecified atom stereocenters. The van der Waals surface area contributed by atoms with E-state index in [1.165, 1.54) is 0 Å². The number of unbranched alkanes of at least 4 members (excludes halogenated alkanes) is 1. The first kappa shape index (κ1) is 14.4. The average Bonchev–Trinajstić information content (AvgIpc) is 2.97. The second-order valence-electron chi connectivity index (χ2n) is 4.68. The fourth-order valence-electron chi connectivity index (χ4n) is 2.02. The van der Waals surface area contributed by atoms with Crippen LogP contribution in [0.25, 0.3) is 0 Å². The third-order valence-corrected chi connectivity index (χ3v) is 3.18. The maximum Gasteiger partial charge on any atom is 0.120 e. The van der Waals surface area contributed by atoms with Gasteiger partial charge in [0.15, 0.2) is 0 Å². The van der Waals surface area contributed by atoms with Crippen LogP contribution in [0.3, 0.4) is 0 Å². The number of ether oxygens (including phenoxy) is 1. The summed E-state index contributed by atoms with van der Waals surface area (Å²) in [5.74, 6) is 1.07. The van der Waals surface area contributed by atoms with Gasteiger partial charge in [0.25, 0.3) is 0 Å². The molecule has 0 aliphatic heterocycles. The predicted molar refractivity (Wildman–Crippen MR) is 77.8 cm³/mol. The zero-order chi connectivity index (χ0) is 14.2. The van der Waals surface area contributed by atoms with Gasteiger partial charge >= 0.3 is 0 Å². The molecule has 20 heavy (non-hydrogen) atoms. The molecule has 5 nitrogen and oxygen atoms in total. The van der Waals surface area contributed by atoms with E-state index in [9.17, 15) is 5.11 Å². The zero-order valence-corrected chi connectivity index (χ0v) is 11.7. The van der Waals surface area contributed by atoms with Gasteiger partial charge in [0.2, 0.25) is 0 Å². The number of imidazole rings is 1. The molecule has 5 heteroatoms. The van der Waals surface area contributed by atoms with Crippen molar-refractivity contribution >= 4 is 0 Å².